The average Bonchev–Trinajstić information content (AvgIpc) is 2.60. The van der Waals surface area contributed by atoms with Crippen LogP contribution in [0.4, 0.5) is 0 Å². The molecule has 0 N–H and O–H groups in total. The third-order valence-electron chi connectivity index (χ3n) is 2.10. The Balaban J connectivity index is 2.39. The quantitative estimate of drug-likeness (QED) is 0.363. The second-order valence-electron chi connectivity index (χ2n) is 2.89. The minimum absolute atomic E-state index is 0.172. The summed E-state index contributed by atoms with van der Waals surface area (Å²) in [4.78, 5) is 13.2. The number of carbonyl (C=O) groups excluding carboxylic acids is 1. The molecule has 1 aromatic rings. The van der Waals surface area contributed by atoms with E-state index in [9.17, 15) is 4.79 Å². The maximum absolute atomic E-state index is 11.1. The van der Waals surface area contributed by atoms with Crippen LogP contribution in [0.5, 0.6) is 0 Å². The van der Waals surface area contributed by atoms with Crippen molar-refractivity contribution < 1.29 is 4.79 Å². The highest BCUT2D eigenvalue weighted by molar-refractivity contribution is 7.14. The van der Waals surface area contributed by atoms with Gasteiger partial charge in [-0.15, -0.1) is 17.8 Å². The Kier molecular flexibility index (Phi) is 1.74. The molecule has 1 aromatic heterocycles. The van der Waals surface area contributed by atoms with Crippen molar-refractivity contribution in [3.05, 3.63) is 21.4 Å². The first-order chi connectivity index (χ1) is 5.81. The van der Waals surface area contributed by atoms with Crippen LogP contribution >= 0.6 is 11.3 Å². The number of thiophene rings is 1. The summed E-state index contributed by atoms with van der Waals surface area (Å²) in [6.45, 7) is 0. The fraction of sp³-hybridized carbons (Fsp3) is 0.300. The van der Waals surface area contributed by atoms with Crippen molar-refractivity contribution in [3.8, 4) is 12.3 Å². The zero-order valence-corrected chi connectivity index (χ0v) is 7.41. The second-order valence-corrected chi connectivity index (χ2v) is 4.02. The summed E-state index contributed by atoms with van der Waals surface area (Å²) in [7, 11) is 0. The Morgan fingerprint density at radius 3 is 3.08 bits per heavy atom. The molecule has 0 aliphatic heterocycles. The molecule has 1 heterocycles. The van der Waals surface area contributed by atoms with Gasteiger partial charge in [0.25, 0.3) is 0 Å². The molecule has 0 fully saturated rings. The van der Waals surface area contributed by atoms with Gasteiger partial charge >= 0.3 is 0 Å². The van der Waals surface area contributed by atoms with E-state index in [-0.39, 0.29) is 5.78 Å². The van der Waals surface area contributed by atoms with Gasteiger partial charge in [-0.2, -0.15) is 0 Å². The van der Waals surface area contributed by atoms with Gasteiger partial charge in [0.1, 0.15) is 0 Å². The third kappa shape index (κ3) is 1.07. The van der Waals surface area contributed by atoms with Crippen LogP contribution in [0.15, 0.2) is 6.07 Å². The number of terminal acetylenes is 1. The van der Waals surface area contributed by atoms with Crippen molar-refractivity contribution in [2.24, 2.45) is 0 Å². The van der Waals surface area contributed by atoms with Crippen LogP contribution in [0.25, 0.3) is 0 Å². The maximum Gasteiger partial charge on any atom is 0.245 e. The van der Waals surface area contributed by atoms with E-state index < -0.39 is 0 Å². The van der Waals surface area contributed by atoms with Crippen molar-refractivity contribution in [1.29, 1.82) is 0 Å². The van der Waals surface area contributed by atoms with Gasteiger partial charge in [0.2, 0.25) is 5.78 Å². The molecule has 60 valence electrons. The highest BCUT2D eigenvalue weighted by Gasteiger charge is 2.16. The molecule has 0 atom stereocenters. The van der Waals surface area contributed by atoms with Crippen LogP contribution in [-0.2, 0) is 12.8 Å². The predicted molar refractivity (Wildman–Crippen MR) is 49.5 cm³/mol. The minimum Gasteiger partial charge on any atom is -0.278 e. The van der Waals surface area contributed by atoms with Crippen molar-refractivity contribution in [2.75, 3.05) is 0 Å². The van der Waals surface area contributed by atoms with E-state index in [1.54, 1.807) is 11.3 Å². The molecule has 0 saturated carbocycles. The molecule has 12 heavy (non-hydrogen) atoms. The Labute approximate surface area is 75.4 Å². The summed E-state index contributed by atoms with van der Waals surface area (Å²) >= 11 is 1.56. The summed E-state index contributed by atoms with van der Waals surface area (Å²) < 4.78 is 0. The Morgan fingerprint density at radius 1 is 1.58 bits per heavy atom. The van der Waals surface area contributed by atoms with E-state index in [2.05, 4.69) is 5.92 Å². The standard InChI is InChI=1S/C10H8OS/c1-2-8(11)10-6-7-4-3-5-9(7)12-10/h1,6H,3-5H2. The normalized spacial score (nSPS) is 13.9. The number of hydrogen-bond donors (Lipinski definition) is 0. The molecule has 0 spiro atoms. The summed E-state index contributed by atoms with van der Waals surface area (Å²) in [5.74, 6) is 1.97. The lowest BCUT2D eigenvalue weighted by Crippen LogP contribution is -1.88. The third-order valence-corrected chi connectivity index (χ3v) is 3.34. The largest absolute Gasteiger partial charge is 0.278 e. The molecule has 0 unspecified atom stereocenters. The SMILES string of the molecule is C#CC(=O)c1cc2c(s1)CCC2. The van der Waals surface area contributed by atoms with Gasteiger partial charge in [0.15, 0.2) is 0 Å². The first-order valence-electron chi connectivity index (χ1n) is 3.94. The molecule has 0 radical (unpaired) electrons. The van der Waals surface area contributed by atoms with Crippen LogP contribution in [0.3, 0.4) is 0 Å². The summed E-state index contributed by atoms with van der Waals surface area (Å²) in [6, 6.07) is 1.95. The molecule has 0 bridgehead atoms. The van der Waals surface area contributed by atoms with Crippen molar-refractivity contribution >= 4 is 17.1 Å². The predicted octanol–water partition coefficient (Wildman–Crippen LogP) is 2.05. The van der Waals surface area contributed by atoms with Crippen molar-refractivity contribution in [3.63, 3.8) is 0 Å². The minimum atomic E-state index is -0.172. The highest BCUT2D eigenvalue weighted by atomic mass is 32.1. The van der Waals surface area contributed by atoms with Gasteiger partial charge in [-0.1, -0.05) is 0 Å². The molecular formula is C10H8OS. The monoisotopic (exact) mass is 176 g/mol. The highest BCUT2D eigenvalue weighted by Crippen LogP contribution is 2.30. The average molecular weight is 176 g/mol. The zero-order chi connectivity index (χ0) is 8.55. The maximum atomic E-state index is 11.1. The Morgan fingerprint density at radius 2 is 2.42 bits per heavy atom. The molecule has 2 heteroatoms. The van der Waals surface area contributed by atoms with Crippen LogP contribution in [0, 0.1) is 12.3 Å². The lowest BCUT2D eigenvalue weighted by atomic mass is 10.2. The first-order valence-corrected chi connectivity index (χ1v) is 4.75. The lowest BCUT2D eigenvalue weighted by molar-refractivity contribution is 0.106. The number of aryl methyl sites for hydroxylation is 2. The van der Waals surface area contributed by atoms with E-state index >= 15 is 0 Å². The van der Waals surface area contributed by atoms with Gasteiger partial charge in [-0.3, -0.25) is 4.79 Å². The van der Waals surface area contributed by atoms with Gasteiger partial charge in [0, 0.05) is 4.88 Å². The topological polar surface area (TPSA) is 17.1 Å². The fourth-order valence-corrected chi connectivity index (χ4v) is 2.67. The summed E-state index contributed by atoms with van der Waals surface area (Å²) in [5, 5.41) is 0. The number of carbonyl (C=O) groups is 1. The van der Waals surface area contributed by atoms with Gasteiger partial charge in [-0.25, -0.2) is 0 Å². The number of fused-ring (bicyclic) bond motifs is 1. The first kappa shape index (κ1) is 7.57. The smallest absolute Gasteiger partial charge is 0.245 e. The number of hydrogen-bond acceptors (Lipinski definition) is 2. The van der Waals surface area contributed by atoms with Gasteiger partial charge in [0.05, 0.1) is 4.88 Å². The fourth-order valence-electron chi connectivity index (χ4n) is 1.51. The molecule has 0 amide bonds. The summed E-state index contributed by atoms with van der Waals surface area (Å²) in [5.41, 5.74) is 1.33. The van der Waals surface area contributed by atoms with E-state index in [0.717, 1.165) is 17.7 Å². The number of ketones is 1. The molecule has 1 aliphatic rings. The Bertz CT molecular complexity index is 346. The van der Waals surface area contributed by atoms with Crippen molar-refractivity contribution in [1.82, 2.24) is 0 Å². The van der Waals surface area contributed by atoms with E-state index in [0.29, 0.717) is 0 Å². The molecular weight excluding hydrogens is 168 g/mol. The second kappa shape index (κ2) is 2.76. The van der Waals surface area contributed by atoms with Crippen LogP contribution in [0.2, 0.25) is 0 Å². The Hall–Kier alpha value is -1.07. The van der Waals surface area contributed by atoms with Crippen LogP contribution in [0.1, 0.15) is 26.5 Å². The van der Waals surface area contributed by atoms with E-state index in [4.69, 9.17) is 6.42 Å². The van der Waals surface area contributed by atoms with Crippen molar-refractivity contribution in [2.45, 2.75) is 19.3 Å². The summed E-state index contributed by atoms with van der Waals surface area (Å²) in [6.07, 6.45) is 8.50. The van der Waals surface area contributed by atoms with Crippen LogP contribution in [-0.4, -0.2) is 5.78 Å². The molecule has 2 rings (SSSR count). The molecule has 0 aromatic carbocycles. The van der Waals surface area contributed by atoms with Crippen LogP contribution < -0.4 is 0 Å². The molecule has 1 aliphatic carbocycles. The zero-order valence-electron chi connectivity index (χ0n) is 6.59. The number of Topliss-reactive ketones (excluding diaryl/α,β-unsaturated/α-hetero) is 1. The lowest BCUT2D eigenvalue weighted by Gasteiger charge is -1.85. The van der Waals surface area contributed by atoms with Gasteiger partial charge in [-0.05, 0) is 36.8 Å². The van der Waals surface area contributed by atoms with E-state index in [1.807, 2.05) is 6.07 Å². The molecule has 0 saturated heterocycles. The van der Waals surface area contributed by atoms with E-state index in [1.165, 1.54) is 16.9 Å². The van der Waals surface area contributed by atoms with Gasteiger partial charge < -0.3 is 0 Å². The molecule has 1 nitrogen and oxygen atoms in total. The number of rotatable bonds is 1.